The molecule has 4 fully saturated rings. The smallest absolute Gasteiger partial charge is 0.0827 e. The Morgan fingerprint density at radius 3 is 1.12 bits per heavy atom. The van der Waals surface area contributed by atoms with Crippen LogP contribution in [0, 0.1) is 47.3 Å². The standard InChI is InChI=1S/C32H55F/c1-25-5-7-27(8-6-25)22-29-13-15-31(16-14-29)24-32-19-17-30(18-20-32)23-28-11-9-26(10-12-28)4-2-3-21-33/h3,21,25-32H,2,4-20,22-24H2,1H3/b21-3+. The summed E-state index contributed by atoms with van der Waals surface area (Å²) in [7, 11) is 0. The average molecular weight is 459 g/mol. The van der Waals surface area contributed by atoms with E-state index in [0.29, 0.717) is 0 Å². The maximum atomic E-state index is 12.2. The van der Waals surface area contributed by atoms with Crippen LogP contribution in [0.1, 0.15) is 142 Å². The van der Waals surface area contributed by atoms with Crippen molar-refractivity contribution in [1.82, 2.24) is 0 Å². The molecule has 4 aliphatic rings. The molecule has 0 aromatic carbocycles. The molecular weight excluding hydrogens is 403 g/mol. The SMILES string of the molecule is CC1CCC(CC2CCC(CC3CCC(CC4CCC(CC/C=C/F)CC4)CC3)CC2)CC1. The summed E-state index contributed by atoms with van der Waals surface area (Å²) < 4.78 is 12.2. The lowest BCUT2D eigenvalue weighted by Crippen LogP contribution is -2.24. The minimum atomic E-state index is 0.728. The first-order valence-corrected chi connectivity index (χ1v) is 15.4. The summed E-state index contributed by atoms with van der Waals surface area (Å²) in [6, 6.07) is 0. The molecule has 0 aromatic heterocycles. The maximum absolute atomic E-state index is 12.2. The van der Waals surface area contributed by atoms with Crippen LogP contribution in [0.4, 0.5) is 4.39 Å². The summed E-state index contributed by atoms with van der Waals surface area (Å²) in [5.74, 6) is 8.18. The van der Waals surface area contributed by atoms with E-state index in [-0.39, 0.29) is 0 Å². The Kier molecular flexibility index (Phi) is 10.7. The van der Waals surface area contributed by atoms with Crippen LogP contribution in [0.25, 0.3) is 0 Å². The molecule has 190 valence electrons. The summed E-state index contributed by atoms with van der Waals surface area (Å²) in [6.45, 7) is 2.46. The fourth-order valence-electron chi connectivity index (χ4n) is 8.54. The molecular formula is C32H55F. The first kappa shape index (κ1) is 25.8. The highest BCUT2D eigenvalue weighted by Gasteiger charge is 2.30. The number of hydrogen-bond acceptors (Lipinski definition) is 0. The van der Waals surface area contributed by atoms with E-state index in [4.69, 9.17) is 0 Å². The van der Waals surface area contributed by atoms with Crippen LogP contribution in [0.3, 0.4) is 0 Å². The minimum absolute atomic E-state index is 0.728. The van der Waals surface area contributed by atoms with Gasteiger partial charge in [0.15, 0.2) is 0 Å². The van der Waals surface area contributed by atoms with Crippen LogP contribution in [0.2, 0.25) is 0 Å². The highest BCUT2D eigenvalue weighted by atomic mass is 19.1. The molecule has 1 heteroatoms. The molecule has 0 N–H and O–H groups in total. The monoisotopic (exact) mass is 458 g/mol. The van der Waals surface area contributed by atoms with E-state index < -0.39 is 0 Å². The Labute approximate surface area is 206 Å². The van der Waals surface area contributed by atoms with Gasteiger partial charge in [-0.05, 0) is 79.4 Å². The Bertz CT molecular complexity index is 535. The van der Waals surface area contributed by atoms with Crippen molar-refractivity contribution in [1.29, 1.82) is 0 Å². The van der Waals surface area contributed by atoms with Crippen LogP contribution in [0.15, 0.2) is 12.4 Å². The van der Waals surface area contributed by atoms with E-state index in [2.05, 4.69) is 6.92 Å². The van der Waals surface area contributed by atoms with Gasteiger partial charge in [-0.2, -0.15) is 0 Å². The highest BCUT2D eigenvalue weighted by molar-refractivity contribution is 4.83. The van der Waals surface area contributed by atoms with Gasteiger partial charge in [-0.3, -0.25) is 0 Å². The lowest BCUT2D eigenvalue weighted by Gasteiger charge is -2.37. The van der Waals surface area contributed by atoms with Gasteiger partial charge in [0.05, 0.1) is 6.33 Å². The van der Waals surface area contributed by atoms with Crippen molar-refractivity contribution in [2.24, 2.45) is 47.3 Å². The van der Waals surface area contributed by atoms with Gasteiger partial charge in [0.1, 0.15) is 0 Å². The molecule has 33 heavy (non-hydrogen) atoms. The lowest BCUT2D eigenvalue weighted by atomic mass is 9.69. The van der Waals surface area contributed by atoms with Crippen LogP contribution in [-0.4, -0.2) is 0 Å². The number of rotatable bonds is 9. The van der Waals surface area contributed by atoms with Gasteiger partial charge in [-0.15, -0.1) is 0 Å². The van der Waals surface area contributed by atoms with Crippen molar-refractivity contribution in [2.75, 3.05) is 0 Å². The van der Waals surface area contributed by atoms with Crippen LogP contribution < -0.4 is 0 Å². The first-order valence-electron chi connectivity index (χ1n) is 15.4. The topological polar surface area (TPSA) is 0 Å². The number of halogens is 1. The minimum Gasteiger partial charge on any atom is -0.216 e. The van der Waals surface area contributed by atoms with Crippen molar-refractivity contribution in [2.45, 2.75) is 142 Å². The van der Waals surface area contributed by atoms with E-state index in [1.807, 2.05) is 0 Å². The number of hydrogen-bond donors (Lipinski definition) is 0. The molecule has 0 aliphatic heterocycles. The van der Waals surface area contributed by atoms with E-state index in [1.165, 1.54) is 89.9 Å². The summed E-state index contributed by atoms with van der Waals surface area (Å²) in [5, 5.41) is 0. The molecule has 4 saturated carbocycles. The largest absolute Gasteiger partial charge is 0.216 e. The van der Waals surface area contributed by atoms with Gasteiger partial charge in [0.25, 0.3) is 0 Å². The zero-order valence-corrected chi connectivity index (χ0v) is 22.0. The van der Waals surface area contributed by atoms with Crippen molar-refractivity contribution in [3.63, 3.8) is 0 Å². The van der Waals surface area contributed by atoms with E-state index in [0.717, 1.165) is 60.1 Å². The third-order valence-electron chi connectivity index (χ3n) is 10.9. The maximum Gasteiger partial charge on any atom is 0.0827 e. The zero-order valence-electron chi connectivity index (χ0n) is 22.0. The molecule has 0 aromatic rings. The fourth-order valence-corrected chi connectivity index (χ4v) is 8.54. The molecule has 0 spiro atoms. The van der Waals surface area contributed by atoms with Gasteiger partial charge < -0.3 is 0 Å². The van der Waals surface area contributed by atoms with Gasteiger partial charge in [-0.1, -0.05) is 116 Å². The molecule has 4 aliphatic carbocycles. The van der Waals surface area contributed by atoms with Gasteiger partial charge in [-0.25, -0.2) is 4.39 Å². The van der Waals surface area contributed by atoms with Gasteiger partial charge >= 0.3 is 0 Å². The molecule has 0 atom stereocenters. The Hall–Kier alpha value is -0.330. The van der Waals surface area contributed by atoms with E-state index in [9.17, 15) is 4.39 Å². The predicted octanol–water partition coefficient (Wildman–Crippen LogP) is 10.7. The zero-order chi connectivity index (χ0) is 22.9. The van der Waals surface area contributed by atoms with Gasteiger partial charge in [0, 0.05) is 0 Å². The Balaban J connectivity index is 1.05. The van der Waals surface area contributed by atoms with Crippen LogP contribution >= 0.6 is 0 Å². The summed E-state index contributed by atoms with van der Waals surface area (Å²) in [4.78, 5) is 0. The Morgan fingerprint density at radius 1 is 0.485 bits per heavy atom. The molecule has 0 saturated heterocycles. The summed E-state index contributed by atoms with van der Waals surface area (Å²) in [5.41, 5.74) is 0. The van der Waals surface area contributed by atoms with Crippen LogP contribution in [0.5, 0.6) is 0 Å². The van der Waals surface area contributed by atoms with Crippen molar-refractivity contribution in [3.8, 4) is 0 Å². The Morgan fingerprint density at radius 2 is 0.788 bits per heavy atom. The summed E-state index contributed by atoms with van der Waals surface area (Å²) >= 11 is 0. The average Bonchev–Trinajstić information content (AvgIpc) is 2.84. The van der Waals surface area contributed by atoms with Crippen molar-refractivity contribution >= 4 is 0 Å². The third kappa shape index (κ3) is 8.68. The number of allylic oxidation sites excluding steroid dienone is 1. The molecule has 0 radical (unpaired) electrons. The van der Waals surface area contributed by atoms with E-state index >= 15 is 0 Å². The van der Waals surface area contributed by atoms with Crippen molar-refractivity contribution in [3.05, 3.63) is 12.4 Å². The molecule has 0 heterocycles. The molecule has 0 nitrogen and oxygen atoms in total. The second-order valence-corrected chi connectivity index (χ2v) is 13.4. The second-order valence-electron chi connectivity index (χ2n) is 13.4. The molecule has 0 amide bonds. The third-order valence-corrected chi connectivity index (χ3v) is 10.9. The molecule has 0 bridgehead atoms. The normalized spacial score (nSPS) is 40.8. The second kappa shape index (κ2) is 13.7. The molecule has 0 unspecified atom stereocenters. The predicted molar refractivity (Wildman–Crippen MR) is 141 cm³/mol. The van der Waals surface area contributed by atoms with Gasteiger partial charge in [0.2, 0.25) is 0 Å². The van der Waals surface area contributed by atoms with Crippen LogP contribution in [-0.2, 0) is 0 Å². The fraction of sp³-hybridized carbons (Fsp3) is 0.938. The lowest BCUT2D eigenvalue weighted by molar-refractivity contribution is 0.153. The van der Waals surface area contributed by atoms with Crippen molar-refractivity contribution < 1.29 is 4.39 Å². The summed E-state index contributed by atoms with van der Waals surface area (Å²) in [6.07, 6.45) is 33.4. The molecule has 4 rings (SSSR count). The first-order chi connectivity index (χ1) is 16.2. The highest BCUT2D eigenvalue weighted by Crippen LogP contribution is 2.43. The quantitative estimate of drug-likeness (QED) is 0.322. The van der Waals surface area contributed by atoms with E-state index in [1.54, 1.807) is 44.6 Å².